The van der Waals surface area contributed by atoms with Gasteiger partial charge in [0.1, 0.15) is 11.9 Å². The van der Waals surface area contributed by atoms with Crippen molar-refractivity contribution < 1.29 is 9.53 Å². The number of methoxy groups -OCH3 is 1. The van der Waals surface area contributed by atoms with Crippen molar-refractivity contribution in [3.8, 4) is 0 Å². The second-order valence-electron chi connectivity index (χ2n) is 4.28. The highest BCUT2D eigenvalue weighted by Crippen LogP contribution is 2.11. The largest absolute Gasteiger partial charge is 0.468 e. The Labute approximate surface area is 106 Å². The summed E-state index contributed by atoms with van der Waals surface area (Å²) in [7, 11) is 1.33. The molecule has 2 N–H and O–H groups in total. The molecule has 1 rings (SSSR count). The lowest BCUT2D eigenvalue weighted by atomic mass is 10.1. The highest BCUT2D eigenvalue weighted by atomic mass is 16.5. The van der Waals surface area contributed by atoms with E-state index in [1.807, 2.05) is 6.92 Å². The van der Waals surface area contributed by atoms with Crippen molar-refractivity contribution in [2.75, 3.05) is 7.11 Å². The van der Waals surface area contributed by atoms with Crippen LogP contribution in [0.3, 0.4) is 0 Å². The molecule has 0 fully saturated rings. The van der Waals surface area contributed by atoms with Crippen LogP contribution >= 0.6 is 0 Å². The van der Waals surface area contributed by atoms with Crippen LogP contribution in [0.2, 0.25) is 0 Å². The van der Waals surface area contributed by atoms with E-state index in [9.17, 15) is 9.59 Å². The van der Waals surface area contributed by atoms with E-state index < -0.39 is 6.04 Å². The number of carbonyl (C=O) groups excluding carboxylic acids is 1. The van der Waals surface area contributed by atoms with E-state index in [0.29, 0.717) is 17.1 Å². The maximum absolute atomic E-state index is 11.9. The lowest BCUT2D eigenvalue weighted by Crippen LogP contribution is -2.38. The first-order chi connectivity index (χ1) is 8.36. The average molecular weight is 253 g/mol. The van der Waals surface area contributed by atoms with Crippen molar-refractivity contribution in [1.82, 2.24) is 15.3 Å². The Morgan fingerprint density at radius 3 is 2.50 bits per heavy atom. The summed E-state index contributed by atoms with van der Waals surface area (Å²) in [5, 5.41) is 3.01. The van der Waals surface area contributed by atoms with Crippen LogP contribution < -0.4 is 10.9 Å². The van der Waals surface area contributed by atoms with Crippen LogP contribution in [0.1, 0.15) is 37.0 Å². The van der Waals surface area contributed by atoms with Gasteiger partial charge >= 0.3 is 5.97 Å². The summed E-state index contributed by atoms with van der Waals surface area (Å²) in [5.74, 6) is 0.213. The first-order valence-electron chi connectivity index (χ1n) is 5.78. The Bertz CT molecular complexity index is 496. The molecule has 100 valence electrons. The standard InChI is InChI=1S/C12H19N3O3/c1-6(13-8(3)12(17)18-5)10-7(2)14-9(4)15-11(10)16/h6,8,13H,1-5H3,(H,14,15,16). The number of hydrogen-bond acceptors (Lipinski definition) is 5. The van der Waals surface area contributed by atoms with E-state index in [0.717, 1.165) is 0 Å². The highest BCUT2D eigenvalue weighted by Gasteiger charge is 2.20. The molecule has 0 aliphatic rings. The number of rotatable bonds is 4. The van der Waals surface area contributed by atoms with Crippen LogP contribution in [0.5, 0.6) is 0 Å². The van der Waals surface area contributed by atoms with Gasteiger partial charge < -0.3 is 9.72 Å². The smallest absolute Gasteiger partial charge is 0.322 e. The molecule has 6 nitrogen and oxygen atoms in total. The van der Waals surface area contributed by atoms with Gasteiger partial charge in [-0.15, -0.1) is 0 Å². The van der Waals surface area contributed by atoms with Crippen LogP contribution in [0.4, 0.5) is 0 Å². The summed E-state index contributed by atoms with van der Waals surface area (Å²) in [4.78, 5) is 30.1. The summed E-state index contributed by atoms with van der Waals surface area (Å²) in [6.07, 6.45) is 0. The average Bonchev–Trinajstić information content (AvgIpc) is 2.26. The van der Waals surface area contributed by atoms with Gasteiger partial charge in [0.25, 0.3) is 5.56 Å². The van der Waals surface area contributed by atoms with Crippen molar-refractivity contribution >= 4 is 5.97 Å². The number of aromatic nitrogens is 2. The molecule has 6 heteroatoms. The lowest BCUT2D eigenvalue weighted by molar-refractivity contribution is -0.142. The summed E-state index contributed by atoms with van der Waals surface area (Å²) >= 11 is 0. The van der Waals surface area contributed by atoms with Crippen molar-refractivity contribution in [2.45, 2.75) is 39.8 Å². The Balaban J connectivity index is 2.95. The van der Waals surface area contributed by atoms with E-state index >= 15 is 0 Å². The molecule has 0 aromatic carbocycles. The predicted molar refractivity (Wildman–Crippen MR) is 67.4 cm³/mol. The molecule has 1 heterocycles. The molecular formula is C12H19N3O3. The highest BCUT2D eigenvalue weighted by molar-refractivity contribution is 5.75. The number of aromatic amines is 1. The van der Waals surface area contributed by atoms with Crippen molar-refractivity contribution in [1.29, 1.82) is 0 Å². The summed E-state index contributed by atoms with van der Waals surface area (Å²) in [6.45, 7) is 7.01. The molecular weight excluding hydrogens is 234 g/mol. The Kier molecular flexibility index (Phi) is 4.61. The Morgan fingerprint density at radius 1 is 1.39 bits per heavy atom. The van der Waals surface area contributed by atoms with Crippen molar-refractivity contribution in [2.24, 2.45) is 0 Å². The molecule has 2 atom stereocenters. The second-order valence-corrected chi connectivity index (χ2v) is 4.28. The van der Waals surface area contributed by atoms with Crippen LogP contribution in [0, 0.1) is 13.8 Å². The van der Waals surface area contributed by atoms with Gasteiger partial charge in [0, 0.05) is 11.7 Å². The topological polar surface area (TPSA) is 84.1 Å². The molecule has 1 aromatic heterocycles. The SMILES string of the molecule is COC(=O)C(C)NC(C)c1c(C)nc(C)[nH]c1=O. The zero-order chi connectivity index (χ0) is 13.9. The van der Waals surface area contributed by atoms with Crippen LogP contribution in [0.15, 0.2) is 4.79 Å². The Morgan fingerprint density at radius 2 is 2.00 bits per heavy atom. The molecule has 0 spiro atoms. The van der Waals surface area contributed by atoms with E-state index in [1.165, 1.54) is 7.11 Å². The molecule has 0 radical (unpaired) electrons. The quantitative estimate of drug-likeness (QED) is 0.768. The third kappa shape index (κ3) is 3.16. The van der Waals surface area contributed by atoms with Gasteiger partial charge in [-0.05, 0) is 27.7 Å². The van der Waals surface area contributed by atoms with Gasteiger partial charge in [-0.3, -0.25) is 14.9 Å². The zero-order valence-electron chi connectivity index (χ0n) is 11.3. The molecule has 18 heavy (non-hydrogen) atoms. The number of H-pyrrole nitrogens is 1. The van der Waals surface area contributed by atoms with E-state index in [1.54, 1.807) is 20.8 Å². The molecule has 0 amide bonds. The van der Waals surface area contributed by atoms with E-state index in [-0.39, 0.29) is 17.6 Å². The fraction of sp³-hybridized carbons (Fsp3) is 0.583. The normalized spacial score (nSPS) is 14.1. The number of hydrogen-bond donors (Lipinski definition) is 2. The van der Waals surface area contributed by atoms with Crippen LogP contribution in [0.25, 0.3) is 0 Å². The maximum Gasteiger partial charge on any atom is 0.322 e. The summed E-state index contributed by atoms with van der Waals surface area (Å²) in [6, 6.07) is -0.763. The molecule has 0 aliphatic carbocycles. The first-order valence-corrected chi connectivity index (χ1v) is 5.78. The predicted octanol–water partition coefficient (Wildman–Crippen LogP) is 0.599. The van der Waals surface area contributed by atoms with Crippen LogP contribution in [-0.2, 0) is 9.53 Å². The minimum Gasteiger partial charge on any atom is -0.468 e. The fourth-order valence-corrected chi connectivity index (χ4v) is 1.95. The van der Waals surface area contributed by atoms with Gasteiger partial charge in [0.15, 0.2) is 0 Å². The number of ether oxygens (including phenoxy) is 1. The second kappa shape index (κ2) is 5.77. The molecule has 0 saturated carbocycles. The van der Waals surface area contributed by atoms with Gasteiger partial charge in [-0.1, -0.05) is 0 Å². The van der Waals surface area contributed by atoms with E-state index in [4.69, 9.17) is 0 Å². The number of aryl methyl sites for hydroxylation is 2. The van der Waals surface area contributed by atoms with Gasteiger partial charge in [0.2, 0.25) is 0 Å². The lowest BCUT2D eigenvalue weighted by Gasteiger charge is -2.19. The molecule has 0 saturated heterocycles. The molecule has 0 aliphatic heterocycles. The number of nitrogens with zero attached hydrogens (tertiary/aromatic N) is 1. The third-order valence-corrected chi connectivity index (χ3v) is 2.75. The zero-order valence-corrected chi connectivity index (χ0v) is 11.3. The van der Waals surface area contributed by atoms with Gasteiger partial charge in [-0.25, -0.2) is 4.98 Å². The third-order valence-electron chi connectivity index (χ3n) is 2.75. The van der Waals surface area contributed by atoms with Gasteiger partial charge in [-0.2, -0.15) is 0 Å². The minimum absolute atomic E-state index is 0.183. The summed E-state index contributed by atoms with van der Waals surface area (Å²) < 4.78 is 4.63. The molecule has 1 aromatic rings. The van der Waals surface area contributed by atoms with Gasteiger partial charge in [0.05, 0.1) is 12.7 Å². The number of nitrogens with one attached hydrogen (secondary N) is 2. The summed E-state index contributed by atoms with van der Waals surface area (Å²) in [5.41, 5.74) is 1.02. The van der Waals surface area contributed by atoms with Crippen molar-refractivity contribution in [3.63, 3.8) is 0 Å². The van der Waals surface area contributed by atoms with Crippen LogP contribution in [-0.4, -0.2) is 29.1 Å². The first kappa shape index (κ1) is 14.4. The fourth-order valence-electron chi connectivity index (χ4n) is 1.95. The molecule has 2 unspecified atom stereocenters. The van der Waals surface area contributed by atoms with Crippen molar-refractivity contribution in [3.05, 3.63) is 27.4 Å². The number of esters is 1. The minimum atomic E-state index is -0.481. The maximum atomic E-state index is 11.9. The molecule has 0 bridgehead atoms. The number of carbonyl (C=O) groups is 1. The monoisotopic (exact) mass is 253 g/mol. The van der Waals surface area contributed by atoms with E-state index in [2.05, 4.69) is 20.0 Å². The Hall–Kier alpha value is -1.69.